The fourth-order valence-electron chi connectivity index (χ4n) is 1.87. The zero-order chi connectivity index (χ0) is 15.6. The zero-order valence-corrected chi connectivity index (χ0v) is 11.8. The first kappa shape index (κ1) is 14.6. The summed E-state index contributed by atoms with van der Waals surface area (Å²) in [6.07, 6.45) is 1.36. The lowest BCUT2D eigenvalue weighted by molar-refractivity contribution is -0.116. The second-order valence-corrected chi connectivity index (χ2v) is 4.76. The van der Waals surface area contributed by atoms with E-state index in [4.69, 9.17) is 5.73 Å². The summed E-state index contributed by atoms with van der Waals surface area (Å²) >= 11 is 0. The minimum absolute atomic E-state index is 0.347. The van der Waals surface area contributed by atoms with Crippen LogP contribution in [0.2, 0.25) is 0 Å². The Morgan fingerprint density at radius 1 is 1.29 bits per heavy atom. The number of carbonyl (C=O) groups is 1. The SMILES string of the molecule is Cc1ccc(N)cc1NC(=O)Cn1c(=O)ccn(C)c1=O. The van der Waals surface area contributed by atoms with Crippen molar-refractivity contribution in [3.8, 4) is 0 Å². The lowest BCUT2D eigenvalue weighted by Gasteiger charge is -2.10. The second kappa shape index (κ2) is 5.66. The maximum Gasteiger partial charge on any atom is 0.331 e. The van der Waals surface area contributed by atoms with Crippen LogP contribution in [0.1, 0.15) is 5.56 Å². The Morgan fingerprint density at radius 2 is 2.00 bits per heavy atom. The predicted molar refractivity (Wildman–Crippen MR) is 80.2 cm³/mol. The number of nitrogen functional groups attached to an aromatic ring is 1. The van der Waals surface area contributed by atoms with Crippen LogP contribution < -0.4 is 22.3 Å². The van der Waals surface area contributed by atoms with E-state index in [1.54, 1.807) is 18.2 Å². The van der Waals surface area contributed by atoms with Gasteiger partial charge in [-0.1, -0.05) is 6.07 Å². The standard InChI is InChI=1S/C14H16N4O3/c1-9-3-4-10(15)7-11(9)16-12(19)8-18-13(20)5-6-17(2)14(18)21/h3-7H,8,15H2,1-2H3,(H,16,19). The molecule has 0 aliphatic rings. The Labute approximate surface area is 120 Å². The smallest absolute Gasteiger partial charge is 0.331 e. The van der Waals surface area contributed by atoms with Gasteiger partial charge in [-0.25, -0.2) is 4.79 Å². The van der Waals surface area contributed by atoms with Crippen molar-refractivity contribution in [1.29, 1.82) is 0 Å². The van der Waals surface area contributed by atoms with Crippen molar-refractivity contribution in [2.24, 2.45) is 7.05 Å². The number of nitrogens with one attached hydrogen (secondary N) is 1. The van der Waals surface area contributed by atoms with Crippen LogP contribution in [0.5, 0.6) is 0 Å². The molecule has 0 aliphatic carbocycles. The Kier molecular flexibility index (Phi) is 3.93. The van der Waals surface area contributed by atoms with E-state index in [0.29, 0.717) is 11.4 Å². The first-order chi connectivity index (χ1) is 9.88. The van der Waals surface area contributed by atoms with Crippen LogP contribution in [0.4, 0.5) is 11.4 Å². The molecule has 0 saturated carbocycles. The van der Waals surface area contributed by atoms with Crippen molar-refractivity contribution in [3.63, 3.8) is 0 Å². The molecule has 0 spiro atoms. The van der Waals surface area contributed by atoms with E-state index in [1.165, 1.54) is 23.9 Å². The third-order valence-corrected chi connectivity index (χ3v) is 3.08. The van der Waals surface area contributed by atoms with Crippen molar-refractivity contribution in [1.82, 2.24) is 9.13 Å². The van der Waals surface area contributed by atoms with E-state index >= 15 is 0 Å². The third-order valence-electron chi connectivity index (χ3n) is 3.08. The van der Waals surface area contributed by atoms with Gasteiger partial charge in [0, 0.05) is 30.7 Å². The predicted octanol–water partition coefficient (Wildman–Crippen LogP) is 0.0763. The van der Waals surface area contributed by atoms with Gasteiger partial charge >= 0.3 is 5.69 Å². The van der Waals surface area contributed by atoms with Gasteiger partial charge in [0.1, 0.15) is 6.54 Å². The average Bonchev–Trinajstić information content (AvgIpc) is 2.43. The second-order valence-electron chi connectivity index (χ2n) is 4.76. The minimum atomic E-state index is -0.540. The van der Waals surface area contributed by atoms with Gasteiger partial charge < -0.3 is 15.6 Å². The quantitative estimate of drug-likeness (QED) is 0.781. The molecule has 0 fully saturated rings. The van der Waals surface area contributed by atoms with Gasteiger partial charge in [0.05, 0.1) is 0 Å². The molecule has 0 unspecified atom stereocenters. The van der Waals surface area contributed by atoms with Crippen LogP contribution in [0.25, 0.3) is 0 Å². The fourth-order valence-corrected chi connectivity index (χ4v) is 1.87. The minimum Gasteiger partial charge on any atom is -0.399 e. The molecule has 1 heterocycles. The third kappa shape index (κ3) is 3.19. The summed E-state index contributed by atoms with van der Waals surface area (Å²) in [6.45, 7) is 1.48. The van der Waals surface area contributed by atoms with Crippen molar-refractivity contribution in [2.75, 3.05) is 11.1 Å². The summed E-state index contributed by atoms with van der Waals surface area (Å²) in [5.74, 6) is -0.464. The van der Waals surface area contributed by atoms with E-state index in [0.717, 1.165) is 10.1 Å². The van der Waals surface area contributed by atoms with E-state index in [1.807, 2.05) is 6.92 Å². The molecule has 7 nitrogen and oxygen atoms in total. The number of benzene rings is 1. The molecule has 110 valence electrons. The fraction of sp³-hybridized carbons (Fsp3) is 0.214. The van der Waals surface area contributed by atoms with Crippen molar-refractivity contribution in [3.05, 3.63) is 56.9 Å². The molecule has 1 aromatic carbocycles. The molecular formula is C14H16N4O3. The number of rotatable bonds is 3. The van der Waals surface area contributed by atoms with E-state index in [-0.39, 0.29) is 6.54 Å². The van der Waals surface area contributed by atoms with Crippen molar-refractivity contribution < 1.29 is 4.79 Å². The maximum absolute atomic E-state index is 12.0. The summed E-state index contributed by atoms with van der Waals surface area (Å²) in [5.41, 5.74) is 6.52. The first-order valence-corrected chi connectivity index (χ1v) is 6.31. The number of hydrogen-bond acceptors (Lipinski definition) is 4. The van der Waals surface area contributed by atoms with Crippen molar-refractivity contribution in [2.45, 2.75) is 13.5 Å². The van der Waals surface area contributed by atoms with Crippen LogP contribution in [-0.4, -0.2) is 15.0 Å². The van der Waals surface area contributed by atoms with Gasteiger partial charge in [0.25, 0.3) is 5.56 Å². The highest BCUT2D eigenvalue weighted by atomic mass is 16.2. The number of nitrogens with zero attached hydrogens (tertiary/aromatic N) is 2. The lowest BCUT2D eigenvalue weighted by Crippen LogP contribution is -2.40. The van der Waals surface area contributed by atoms with Gasteiger partial charge in [0.2, 0.25) is 5.91 Å². The van der Waals surface area contributed by atoms with Crippen molar-refractivity contribution >= 4 is 17.3 Å². The Balaban J connectivity index is 2.24. The number of hydrogen-bond donors (Lipinski definition) is 2. The van der Waals surface area contributed by atoms with E-state index < -0.39 is 17.2 Å². The lowest BCUT2D eigenvalue weighted by atomic mass is 10.2. The van der Waals surface area contributed by atoms with Gasteiger partial charge in [-0.2, -0.15) is 0 Å². The summed E-state index contributed by atoms with van der Waals surface area (Å²) in [5, 5.41) is 2.65. The number of aryl methyl sites for hydroxylation is 2. The van der Waals surface area contributed by atoms with E-state index in [9.17, 15) is 14.4 Å². The highest BCUT2D eigenvalue weighted by Crippen LogP contribution is 2.17. The van der Waals surface area contributed by atoms with E-state index in [2.05, 4.69) is 5.32 Å². The van der Waals surface area contributed by atoms with Gasteiger partial charge in [0.15, 0.2) is 0 Å². The topological polar surface area (TPSA) is 99.1 Å². The molecule has 0 bridgehead atoms. The van der Waals surface area contributed by atoms with Gasteiger partial charge in [-0.3, -0.25) is 14.2 Å². The van der Waals surface area contributed by atoms with Crippen LogP contribution in [0.3, 0.4) is 0 Å². The first-order valence-electron chi connectivity index (χ1n) is 6.31. The summed E-state index contributed by atoms with van der Waals surface area (Å²) in [6, 6.07) is 6.36. The zero-order valence-electron chi connectivity index (χ0n) is 11.8. The number of anilines is 2. The highest BCUT2D eigenvalue weighted by molar-refractivity contribution is 5.91. The van der Waals surface area contributed by atoms with Crippen LogP contribution >= 0.6 is 0 Å². The average molecular weight is 288 g/mol. The molecule has 21 heavy (non-hydrogen) atoms. The molecular weight excluding hydrogens is 272 g/mol. The number of aromatic nitrogens is 2. The molecule has 0 aliphatic heterocycles. The highest BCUT2D eigenvalue weighted by Gasteiger charge is 2.10. The van der Waals surface area contributed by atoms with Crippen LogP contribution in [-0.2, 0) is 18.4 Å². The van der Waals surface area contributed by atoms with Crippen LogP contribution in [0, 0.1) is 6.92 Å². The monoisotopic (exact) mass is 288 g/mol. The molecule has 2 aromatic rings. The number of carbonyl (C=O) groups excluding carboxylic acids is 1. The summed E-state index contributed by atoms with van der Waals surface area (Å²) in [7, 11) is 1.51. The largest absolute Gasteiger partial charge is 0.399 e. The summed E-state index contributed by atoms with van der Waals surface area (Å²) in [4.78, 5) is 35.5. The maximum atomic E-state index is 12.0. The Morgan fingerprint density at radius 3 is 2.71 bits per heavy atom. The molecule has 7 heteroatoms. The van der Waals surface area contributed by atoms with Gasteiger partial charge in [-0.05, 0) is 24.6 Å². The molecule has 0 radical (unpaired) electrons. The normalized spacial score (nSPS) is 10.4. The molecule has 2 rings (SSSR count). The molecule has 0 saturated heterocycles. The molecule has 1 aromatic heterocycles. The molecule has 3 N–H and O–H groups in total. The van der Waals surface area contributed by atoms with Crippen LogP contribution in [0.15, 0.2) is 40.1 Å². The molecule has 1 amide bonds. The van der Waals surface area contributed by atoms with Gasteiger partial charge in [-0.15, -0.1) is 0 Å². The summed E-state index contributed by atoms with van der Waals surface area (Å²) < 4.78 is 2.11. The Hall–Kier alpha value is -2.83. The number of nitrogens with two attached hydrogens (primary N) is 1. The Bertz CT molecular complexity index is 805. The number of amides is 1. The molecule has 0 atom stereocenters.